The van der Waals surface area contributed by atoms with Gasteiger partial charge in [-0.05, 0) is 6.42 Å². The van der Waals surface area contributed by atoms with Crippen molar-refractivity contribution in [2.24, 2.45) is 11.5 Å². The number of hydrogen-bond acceptors (Lipinski definition) is 2. The van der Waals surface area contributed by atoms with E-state index in [1.165, 1.54) is 70.6 Å². The molecule has 0 saturated heterocycles. The molecular weight excluding hydrogens is 236 g/mol. The van der Waals surface area contributed by atoms with E-state index in [-0.39, 0.29) is 5.91 Å². The lowest BCUT2D eigenvalue weighted by atomic mass is 10.0. The van der Waals surface area contributed by atoms with Crippen LogP contribution >= 0.6 is 0 Å². The summed E-state index contributed by atoms with van der Waals surface area (Å²) in [6.07, 6.45) is 16.6. The number of carbonyl (C=O) groups is 1. The van der Waals surface area contributed by atoms with Gasteiger partial charge in [0.05, 0.1) is 6.04 Å². The topological polar surface area (TPSA) is 69.1 Å². The van der Waals surface area contributed by atoms with E-state index < -0.39 is 6.04 Å². The summed E-state index contributed by atoms with van der Waals surface area (Å²) >= 11 is 0. The Kier molecular flexibility index (Phi) is 13.4. The van der Waals surface area contributed by atoms with Gasteiger partial charge in [-0.3, -0.25) is 4.79 Å². The number of hydrogen-bond donors (Lipinski definition) is 2. The van der Waals surface area contributed by atoms with Crippen LogP contribution in [0.5, 0.6) is 0 Å². The van der Waals surface area contributed by atoms with E-state index in [0.717, 1.165) is 12.8 Å². The Morgan fingerprint density at radius 1 is 0.789 bits per heavy atom. The van der Waals surface area contributed by atoms with Gasteiger partial charge in [0.15, 0.2) is 0 Å². The highest BCUT2D eigenvalue weighted by atomic mass is 16.1. The third-order valence-corrected chi connectivity index (χ3v) is 3.73. The third-order valence-electron chi connectivity index (χ3n) is 3.73. The van der Waals surface area contributed by atoms with Gasteiger partial charge in [0.1, 0.15) is 0 Å². The molecule has 0 aromatic carbocycles. The second-order valence-electron chi connectivity index (χ2n) is 5.69. The number of primary amides is 1. The highest BCUT2D eigenvalue weighted by Crippen LogP contribution is 2.12. The van der Waals surface area contributed by atoms with Crippen molar-refractivity contribution in [3.63, 3.8) is 0 Å². The summed E-state index contributed by atoms with van der Waals surface area (Å²) in [6.45, 7) is 2.26. The van der Waals surface area contributed by atoms with E-state index >= 15 is 0 Å². The summed E-state index contributed by atoms with van der Waals surface area (Å²) in [7, 11) is 0. The summed E-state index contributed by atoms with van der Waals surface area (Å²) in [5, 5.41) is 0. The monoisotopic (exact) mass is 270 g/mol. The molecule has 0 bridgehead atoms. The maximum atomic E-state index is 10.7. The molecule has 0 aromatic rings. The predicted octanol–water partition coefficient (Wildman–Crippen LogP) is 3.89. The van der Waals surface area contributed by atoms with Crippen LogP contribution in [0.3, 0.4) is 0 Å². The molecule has 0 aliphatic rings. The number of unbranched alkanes of at least 4 members (excludes halogenated alkanes) is 11. The molecule has 3 heteroatoms. The molecule has 114 valence electrons. The molecule has 0 rings (SSSR count). The van der Waals surface area contributed by atoms with Gasteiger partial charge in [-0.15, -0.1) is 0 Å². The van der Waals surface area contributed by atoms with Crippen LogP contribution in [-0.4, -0.2) is 11.9 Å². The first-order valence-corrected chi connectivity index (χ1v) is 8.23. The molecule has 3 nitrogen and oxygen atoms in total. The number of carbonyl (C=O) groups excluding carboxylic acids is 1. The van der Waals surface area contributed by atoms with Crippen molar-refractivity contribution in [2.45, 2.75) is 96.4 Å². The average Bonchev–Trinajstić information content (AvgIpc) is 2.39. The molecule has 0 aliphatic carbocycles. The molecule has 0 radical (unpaired) electrons. The zero-order valence-corrected chi connectivity index (χ0v) is 12.8. The number of amides is 1. The average molecular weight is 270 g/mol. The second-order valence-corrected chi connectivity index (χ2v) is 5.69. The molecule has 4 N–H and O–H groups in total. The molecule has 19 heavy (non-hydrogen) atoms. The molecular formula is C16H34N2O. The lowest BCUT2D eigenvalue weighted by molar-refractivity contribution is -0.119. The summed E-state index contributed by atoms with van der Waals surface area (Å²) in [6, 6.07) is -0.442. The van der Waals surface area contributed by atoms with Gasteiger partial charge < -0.3 is 11.5 Å². The summed E-state index contributed by atoms with van der Waals surface area (Å²) < 4.78 is 0. The van der Waals surface area contributed by atoms with Gasteiger partial charge in [-0.2, -0.15) is 0 Å². The van der Waals surface area contributed by atoms with Crippen LogP contribution in [0.25, 0.3) is 0 Å². The first-order chi connectivity index (χ1) is 9.18. The Bertz CT molecular complexity index is 207. The lowest BCUT2D eigenvalue weighted by Gasteiger charge is -2.06. The highest BCUT2D eigenvalue weighted by molar-refractivity contribution is 5.79. The van der Waals surface area contributed by atoms with Crippen LogP contribution in [0.1, 0.15) is 90.4 Å². The van der Waals surface area contributed by atoms with Crippen LogP contribution in [-0.2, 0) is 4.79 Å². The zero-order valence-electron chi connectivity index (χ0n) is 12.8. The van der Waals surface area contributed by atoms with E-state index in [1.807, 2.05) is 0 Å². The van der Waals surface area contributed by atoms with Crippen LogP contribution in [0, 0.1) is 0 Å². The van der Waals surface area contributed by atoms with Crippen molar-refractivity contribution in [2.75, 3.05) is 0 Å². The molecule has 0 fully saturated rings. The fourth-order valence-corrected chi connectivity index (χ4v) is 2.35. The normalized spacial score (nSPS) is 12.5. The largest absolute Gasteiger partial charge is 0.368 e. The quantitative estimate of drug-likeness (QED) is 0.470. The molecule has 0 saturated carbocycles. The summed E-state index contributed by atoms with van der Waals surface area (Å²) in [5.74, 6) is -0.372. The minimum Gasteiger partial charge on any atom is -0.368 e. The Morgan fingerprint density at radius 2 is 1.16 bits per heavy atom. The van der Waals surface area contributed by atoms with Crippen molar-refractivity contribution in [1.82, 2.24) is 0 Å². The van der Waals surface area contributed by atoms with E-state index in [1.54, 1.807) is 0 Å². The van der Waals surface area contributed by atoms with Gasteiger partial charge in [-0.25, -0.2) is 0 Å². The maximum Gasteiger partial charge on any atom is 0.234 e. The Balaban J connectivity index is 3.05. The standard InChI is InChI=1S/C16H34N2O/c1-2-3-4-5-6-7-8-9-10-11-12-13-14-15(17)16(18)19/h15H,2-14,17H2,1H3,(H2,18,19). The Hall–Kier alpha value is -0.570. The number of nitrogens with two attached hydrogens (primary N) is 2. The fourth-order valence-electron chi connectivity index (χ4n) is 2.35. The molecule has 0 heterocycles. The van der Waals surface area contributed by atoms with Crippen LogP contribution < -0.4 is 11.5 Å². The van der Waals surface area contributed by atoms with Crippen molar-refractivity contribution in [3.05, 3.63) is 0 Å². The van der Waals surface area contributed by atoms with E-state index in [0.29, 0.717) is 0 Å². The lowest BCUT2D eigenvalue weighted by Crippen LogP contribution is -2.36. The van der Waals surface area contributed by atoms with Crippen LogP contribution in [0.2, 0.25) is 0 Å². The smallest absolute Gasteiger partial charge is 0.234 e. The van der Waals surface area contributed by atoms with Gasteiger partial charge in [0.2, 0.25) is 5.91 Å². The summed E-state index contributed by atoms with van der Waals surface area (Å²) in [4.78, 5) is 10.7. The summed E-state index contributed by atoms with van der Waals surface area (Å²) in [5.41, 5.74) is 10.7. The predicted molar refractivity (Wildman–Crippen MR) is 82.9 cm³/mol. The van der Waals surface area contributed by atoms with E-state index in [4.69, 9.17) is 11.5 Å². The third kappa shape index (κ3) is 13.7. The minimum atomic E-state index is -0.442. The van der Waals surface area contributed by atoms with Gasteiger partial charge >= 0.3 is 0 Å². The molecule has 0 spiro atoms. The number of rotatable bonds is 14. The van der Waals surface area contributed by atoms with Crippen LogP contribution in [0.15, 0.2) is 0 Å². The first-order valence-electron chi connectivity index (χ1n) is 8.23. The fraction of sp³-hybridized carbons (Fsp3) is 0.938. The van der Waals surface area contributed by atoms with Crippen molar-refractivity contribution in [1.29, 1.82) is 0 Å². The van der Waals surface area contributed by atoms with E-state index in [2.05, 4.69) is 6.92 Å². The SMILES string of the molecule is CCCCCCCCCCCCCCC(N)C(N)=O. The Morgan fingerprint density at radius 3 is 1.53 bits per heavy atom. The highest BCUT2D eigenvalue weighted by Gasteiger charge is 2.07. The first kappa shape index (κ1) is 18.4. The van der Waals surface area contributed by atoms with Crippen LogP contribution in [0.4, 0.5) is 0 Å². The van der Waals surface area contributed by atoms with Crippen molar-refractivity contribution < 1.29 is 4.79 Å². The minimum absolute atomic E-state index is 0.372. The molecule has 0 aromatic heterocycles. The Labute approximate surface area is 119 Å². The molecule has 1 atom stereocenters. The zero-order chi connectivity index (χ0) is 14.3. The maximum absolute atomic E-state index is 10.7. The van der Waals surface area contributed by atoms with Gasteiger partial charge in [0, 0.05) is 0 Å². The molecule has 1 unspecified atom stereocenters. The molecule has 0 aliphatic heterocycles. The van der Waals surface area contributed by atoms with E-state index in [9.17, 15) is 4.79 Å². The van der Waals surface area contributed by atoms with Crippen molar-refractivity contribution >= 4 is 5.91 Å². The second kappa shape index (κ2) is 13.9. The van der Waals surface area contributed by atoms with Crippen molar-refractivity contribution in [3.8, 4) is 0 Å². The van der Waals surface area contributed by atoms with Gasteiger partial charge in [-0.1, -0.05) is 84.0 Å². The molecule has 1 amide bonds. The van der Waals surface area contributed by atoms with Gasteiger partial charge in [0.25, 0.3) is 0 Å².